The van der Waals surface area contributed by atoms with Crippen molar-refractivity contribution in [3.63, 3.8) is 0 Å². The van der Waals surface area contributed by atoms with Crippen molar-refractivity contribution in [3.8, 4) is 5.69 Å². The second kappa shape index (κ2) is 7.53. The highest BCUT2D eigenvalue weighted by Gasteiger charge is 2.26. The van der Waals surface area contributed by atoms with E-state index in [4.69, 9.17) is 4.74 Å². The maximum Gasteiger partial charge on any atom is 0.233 e. The van der Waals surface area contributed by atoms with Gasteiger partial charge in [-0.05, 0) is 49.8 Å². The molecule has 0 aliphatic carbocycles. The quantitative estimate of drug-likeness (QED) is 0.776. The van der Waals surface area contributed by atoms with E-state index in [1.165, 1.54) is 17.3 Å². The van der Waals surface area contributed by atoms with Crippen LogP contribution >= 0.6 is 11.8 Å². The normalized spacial score (nSPS) is 20.7. The molecule has 1 amide bonds. The van der Waals surface area contributed by atoms with Crippen LogP contribution < -0.4 is 0 Å². The largest absolute Gasteiger partial charge is 0.372 e. The summed E-state index contributed by atoms with van der Waals surface area (Å²) in [7, 11) is 0. The Bertz CT molecular complexity index is 753. The fourth-order valence-corrected chi connectivity index (χ4v) is 3.85. The molecule has 134 valence electrons. The van der Waals surface area contributed by atoms with Gasteiger partial charge in [0, 0.05) is 13.1 Å². The van der Waals surface area contributed by atoms with E-state index in [9.17, 15) is 4.79 Å². The lowest BCUT2D eigenvalue weighted by Gasteiger charge is -2.35. The number of rotatable bonds is 4. The Labute approximate surface area is 151 Å². The summed E-state index contributed by atoms with van der Waals surface area (Å²) < 4.78 is 7.37. The number of aromatic nitrogens is 4. The molecule has 0 spiro atoms. The monoisotopic (exact) mass is 361 g/mol. The molecule has 1 aromatic carbocycles. The third-order valence-electron chi connectivity index (χ3n) is 4.12. The zero-order valence-corrected chi connectivity index (χ0v) is 15.8. The van der Waals surface area contributed by atoms with Gasteiger partial charge in [-0.25, -0.2) is 0 Å². The number of morpholine rings is 1. The van der Waals surface area contributed by atoms with Gasteiger partial charge in [-0.15, -0.1) is 5.10 Å². The lowest BCUT2D eigenvalue weighted by atomic mass is 10.1. The number of carbonyl (C=O) groups excluding carboxylic acids is 1. The molecule has 3 rings (SSSR count). The van der Waals surface area contributed by atoms with E-state index in [1.807, 2.05) is 37.8 Å². The number of benzene rings is 1. The number of thioether (sulfide) groups is 1. The summed E-state index contributed by atoms with van der Waals surface area (Å²) in [6, 6.07) is 6.12. The molecule has 0 N–H and O–H groups in total. The SMILES string of the molecule is Cc1ccc(-n2nnnc2SCC(=O)N2CC(C)OC(C)C2)c(C)c1. The number of hydrogen-bond acceptors (Lipinski definition) is 6. The summed E-state index contributed by atoms with van der Waals surface area (Å²) in [5, 5.41) is 12.5. The molecule has 1 aliphatic rings. The fraction of sp³-hybridized carbons (Fsp3) is 0.529. The van der Waals surface area contributed by atoms with E-state index >= 15 is 0 Å². The van der Waals surface area contributed by atoms with Gasteiger partial charge in [0.05, 0.1) is 23.6 Å². The van der Waals surface area contributed by atoms with Gasteiger partial charge in [0.25, 0.3) is 0 Å². The average Bonchev–Trinajstić information content (AvgIpc) is 3.00. The Morgan fingerprint density at radius 2 is 2.00 bits per heavy atom. The number of nitrogens with zero attached hydrogens (tertiary/aromatic N) is 5. The second-order valence-electron chi connectivity index (χ2n) is 6.51. The van der Waals surface area contributed by atoms with Crippen LogP contribution in [0, 0.1) is 13.8 Å². The molecule has 1 fully saturated rings. The van der Waals surface area contributed by atoms with E-state index < -0.39 is 0 Å². The molecule has 25 heavy (non-hydrogen) atoms. The smallest absolute Gasteiger partial charge is 0.233 e. The number of aryl methyl sites for hydroxylation is 2. The minimum absolute atomic E-state index is 0.0678. The van der Waals surface area contributed by atoms with Crippen molar-refractivity contribution in [3.05, 3.63) is 29.3 Å². The summed E-state index contributed by atoms with van der Waals surface area (Å²) in [4.78, 5) is 14.4. The van der Waals surface area contributed by atoms with Crippen LogP contribution in [0.2, 0.25) is 0 Å². The number of tetrazole rings is 1. The van der Waals surface area contributed by atoms with Gasteiger partial charge in [-0.3, -0.25) is 4.79 Å². The van der Waals surface area contributed by atoms with Crippen LogP contribution in [0.4, 0.5) is 0 Å². The zero-order chi connectivity index (χ0) is 18.0. The Morgan fingerprint density at radius 1 is 1.28 bits per heavy atom. The molecular formula is C17H23N5O2S. The molecule has 1 saturated heterocycles. The third kappa shape index (κ3) is 4.19. The van der Waals surface area contributed by atoms with Crippen molar-refractivity contribution in [1.82, 2.24) is 25.1 Å². The number of carbonyl (C=O) groups is 1. The average molecular weight is 361 g/mol. The van der Waals surface area contributed by atoms with E-state index in [-0.39, 0.29) is 18.1 Å². The summed E-state index contributed by atoms with van der Waals surface area (Å²) >= 11 is 1.36. The van der Waals surface area contributed by atoms with Crippen LogP contribution in [0.3, 0.4) is 0 Å². The second-order valence-corrected chi connectivity index (χ2v) is 7.45. The summed E-state index contributed by atoms with van der Waals surface area (Å²) in [5.41, 5.74) is 3.21. The zero-order valence-electron chi connectivity index (χ0n) is 15.0. The van der Waals surface area contributed by atoms with E-state index in [0.717, 1.165) is 11.3 Å². The van der Waals surface area contributed by atoms with Crippen LogP contribution in [-0.4, -0.2) is 62.1 Å². The molecule has 7 nitrogen and oxygen atoms in total. The van der Waals surface area contributed by atoms with Gasteiger partial charge >= 0.3 is 0 Å². The number of amides is 1. The highest BCUT2D eigenvalue weighted by atomic mass is 32.2. The van der Waals surface area contributed by atoms with Crippen LogP contribution in [0.5, 0.6) is 0 Å². The van der Waals surface area contributed by atoms with Gasteiger partial charge in [0.1, 0.15) is 0 Å². The summed E-state index contributed by atoms with van der Waals surface area (Å²) in [5.74, 6) is 0.396. The van der Waals surface area contributed by atoms with Crippen molar-refractivity contribution in [1.29, 1.82) is 0 Å². The first-order valence-corrected chi connectivity index (χ1v) is 9.34. The van der Waals surface area contributed by atoms with Gasteiger partial charge in [-0.1, -0.05) is 29.5 Å². The third-order valence-corrected chi connectivity index (χ3v) is 5.02. The van der Waals surface area contributed by atoms with Crippen molar-refractivity contribution >= 4 is 17.7 Å². The Kier molecular flexibility index (Phi) is 5.39. The van der Waals surface area contributed by atoms with Gasteiger partial charge in [0.15, 0.2) is 0 Å². The first-order chi connectivity index (χ1) is 11.9. The van der Waals surface area contributed by atoms with Crippen LogP contribution in [0.25, 0.3) is 5.69 Å². The Hall–Kier alpha value is -1.93. The molecular weight excluding hydrogens is 338 g/mol. The first kappa shape index (κ1) is 17.9. The maximum atomic E-state index is 12.5. The topological polar surface area (TPSA) is 73.1 Å². The van der Waals surface area contributed by atoms with Crippen molar-refractivity contribution in [2.75, 3.05) is 18.8 Å². The predicted molar refractivity (Wildman–Crippen MR) is 95.9 cm³/mol. The standard InChI is InChI=1S/C17H23N5O2S/c1-11-5-6-15(12(2)7-11)22-17(18-19-20-22)25-10-16(23)21-8-13(3)24-14(4)9-21/h5-7,13-14H,8-10H2,1-4H3. The first-order valence-electron chi connectivity index (χ1n) is 8.36. The van der Waals surface area contributed by atoms with Gasteiger partial charge in [-0.2, -0.15) is 4.68 Å². The minimum Gasteiger partial charge on any atom is -0.372 e. The van der Waals surface area contributed by atoms with Crippen LogP contribution in [0.15, 0.2) is 23.4 Å². The van der Waals surface area contributed by atoms with Gasteiger partial charge < -0.3 is 9.64 Å². The highest BCUT2D eigenvalue weighted by molar-refractivity contribution is 7.99. The maximum absolute atomic E-state index is 12.5. The minimum atomic E-state index is 0.0678. The molecule has 1 aliphatic heterocycles. The molecule has 2 heterocycles. The van der Waals surface area contributed by atoms with Gasteiger partial charge in [0.2, 0.25) is 11.1 Å². The molecule has 2 aromatic rings. The molecule has 0 bridgehead atoms. The summed E-state index contributed by atoms with van der Waals surface area (Å²) in [6.07, 6.45) is 0.136. The van der Waals surface area contributed by atoms with E-state index in [0.29, 0.717) is 24.0 Å². The van der Waals surface area contributed by atoms with E-state index in [1.54, 1.807) is 4.68 Å². The van der Waals surface area contributed by atoms with Crippen LogP contribution in [-0.2, 0) is 9.53 Å². The van der Waals surface area contributed by atoms with E-state index in [2.05, 4.69) is 28.5 Å². The number of ether oxygens (including phenoxy) is 1. The Morgan fingerprint density at radius 3 is 2.68 bits per heavy atom. The molecule has 0 radical (unpaired) electrons. The molecule has 8 heteroatoms. The Balaban J connectivity index is 1.68. The molecule has 1 aromatic heterocycles. The lowest BCUT2D eigenvalue weighted by molar-refractivity contribution is -0.140. The molecule has 2 unspecified atom stereocenters. The fourth-order valence-electron chi connectivity index (χ4n) is 3.06. The highest BCUT2D eigenvalue weighted by Crippen LogP contribution is 2.22. The predicted octanol–water partition coefficient (Wildman–Crippen LogP) is 2.01. The summed E-state index contributed by atoms with van der Waals surface area (Å²) in [6.45, 7) is 9.32. The molecule has 2 atom stereocenters. The van der Waals surface area contributed by atoms with Crippen molar-refractivity contribution in [2.45, 2.75) is 45.1 Å². The molecule has 0 saturated carbocycles. The number of hydrogen-bond donors (Lipinski definition) is 0. The van der Waals surface area contributed by atoms with Crippen LogP contribution in [0.1, 0.15) is 25.0 Å². The van der Waals surface area contributed by atoms with Crippen molar-refractivity contribution in [2.24, 2.45) is 0 Å². The van der Waals surface area contributed by atoms with Crippen molar-refractivity contribution < 1.29 is 9.53 Å². The lowest BCUT2D eigenvalue weighted by Crippen LogP contribution is -2.48.